The molecule has 1 aliphatic rings. The van der Waals surface area contributed by atoms with E-state index in [1.54, 1.807) is 0 Å². The van der Waals surface area contributed by atoms with Crippen LogP contribution >= 0.6 is 0 Å². The van der Waals surface area contributed by atoms with E-state index in [0.29, 0.717) is 19.3 Å². The minimum absolute atomic E-state index is 0.102. The topological polar surface area (TPSA) is 81.4 Å². The number of methoxy groups -OCH3 is 1. The molecule has 3 N–H and O–H groups in total. The van der Waals surface area contributed by atoms with Crippen molar-refractivity contribution in [3.8, 4) is 0 Å². The van der Waals surface area contributed by atoms with E-state index in [-0.39, 0.29) is 29.3 Å². The Bertz CT molecular complexity index is 592. The van der Waals surface area contributed by atoms with Gasteiger partial charge in [0, 0.05) is 18.5 Å². The SMILES string of the molecule is COC(=O)C1CC(N)(C(CC(C)(C)c2ccccc2)NC(C)=O)C1. The van der Waals surface area contributed by atoms with Crippen LogP contribution < -0.4 is 11.1 Å². The number of rotatable bonds is 6. The summed E-state index contributed by atoms with van der Waals surface area (Å²) < 4.78 is 4.80. The third-order valence-electron chi connectivity index (χ3n) is 5.13. The molecule has 0 spiro atoms. The number of nitrogens with one attached hydrogen (secondary N) is 1. The molecule has 5 nitrogen and oxygen atoms in total. The average molecular weight is 332 g/mol. The van der Waals surface area contributed by atoms with Crippen LogP contribution in [0.2, 0.25) is 0 Å². The van der Waals surface area contributed by atoms with E-state index in [9.17, 15) is 9.59 Å². The fourth-order valence-electron chi connectivity index (χ4n) is 3.64. The fraction of sp³-hybridized carbons (Fsp3) is 0.579. The number of esters is 1. The second kappa shape index (κ2) is 6.93. The summed E-state index contributed by atoms with van der Waals surface area (Å²) in [5, 5.41) is 3.01. The number of nitrogens with two attached hydrogens (primary N) is 1. The van der Waals surface area contributed by atoms with Gasteiger partial charge in [-0.15, -0.1) is 0 Å². The van der Waals surface area contributed by atoms with Crippen LogP contribution in [0.5, 0.6) is 0 Å². The standard InChI is InChI=1S/C19H28N2O3/c1-13(22)21-16(19(20)10-14(11-19)17(23)24-4)12-18(2,3)15-8-6-5-7-9-15/h5-9,14,16H,10-12,20H2,1-4H3,(H,21,22). The normalized spacial score (nSPS) is 24.6. The Morgan fingerprint density at radius 2 is 1.92 bits per heavy atom. The maximum absolute atomic E-state index is 11.7. The minimum Gasteiger partial charge on any atom is -0.469 e. The molecular formula is C19H28N2O3. The lowest BCUT2D eigenvalue weighted by molar-refractivity contribution is -0.151. The van der Waals surface area contributed by atoms with Crippen molar-refractivity contribution in [3.63, 3.8) is 0 Å². The van der Waals surface area contributed by atoms with Gasteiger partial charge in [0.15, 0.2) is 0 Å². The van der Waals surface area contributed by atoms with Crippen molar-refractivity contribution in [1.29, 1.82) is 0 Å². The van der Waals surface area contributed by atoms with Gasteiger partial charge in [0.25, 0.3) is 0 Å². The van der Waals surface area contributed by atoms with Gasteiger partial charge in [0.05, 0.1) is 13.0 Å². The van der Waals surface area contributed by atoms with E-state index in [2.05, 4.69) is 31.3 Å². The van der Waals surface area contributed by atoms with E-state index < -0.39 is 5.54 Å². The molecule has 0 aliphatic heterocycles. The van der Waals surface area contributed by atoms with Gasteiger partial charge in [-0.05, 0) is 30.2 Å². The molecule has 24 heavy (non-hydrogen) atoms. The van der Waals surface area contributed by atoms with Gasteiger partial charge >= 0.3 is 5.97 Å². The summed E-state index contributed by atoms with van der Waals surface area (Å²) >= 11 is 0. The Labute approximate surface area is 143 Å². The van der Waals surface area contributed by atoms with E-state index in [1.807, 2.05) is 18.2 Å². The summed E-state index contributed by atoms with van der Waals surface area (Å²) in [6, 6.07) is 10.0. The number of hydrogen-bond acceptors (Lipinski definition) is 4. The highest BCUT2D eigenvalue weighted by molar-refractivity contribution is 5.75. The molecule has 0 bridgehead atoms. The molecule has 0 saturated heterocycles. The second-order valence-electron chi connectivity index (χ2n) is 7.57. The molecule has 0 heterocycles. The summed E-state index contributed by atoms with van der Waals surface area (Å²) in [6.07, 6.45) is 1.78. The van der Waals surface area contributed by atoms with Crippen molar-refractivity contribution in [2.24, 2.45) is 11.7 Å². The monoisotopic (exact) mass is 332 g/mol. The lowest BCUT2D eigenvalue weighted by Gasteiger charge is -2.50. The summed E-state index contributed by atoms with van der Waals surface area (Å²) in [4.78, 5) is 23.3. The molecule has 1 fully saturated rings. The van der Waals surface area contributed by atoms with Crippen molar-refractivity contribution >= 4 is 11.9 Å². The van der Waals surface area contributed by atoms with E-state index in [1.165, 1.54) is 19.6 Å². The van der Waals surface area contributed by atoms with Crippen LogP contribution in [-0.2, 0) is 19.7 Å². The largest absolute Gasteiger partial charge is 0.469 e. The average Bonchev–Trinajstić information content (AvgIpc) is 2.50. The maximum Gasteiger partial charge on any atom is 0.308 e. The van der Waals surface area contributed by atoms with Crippen molar-refractivity contribution in [2.45, 2.75) is 57.0 Å². The summed E-state index contributed by atoms with van der Waals surface area (Å²) in [6.45, 7) is 5.80. The molecule has 1 atom stereocenters. The molecule has 0 aromatic heterocycles. The van der Waals surface area contributed by atoms with Crippen molar-refractivity contribution in [2.75, 3.05) is 7.11 Å². The molecule has 1 aliphatic carbocycles. The van der Waals surface area contributed by atoms with E-state index in [0.717, 1.165) is 0 Å². The molecule has 1 aromatic rings. The van der Waals surface area contributed by atoms with Gasteiger partial charge in [0.1, 0.15) is 0 Å². The molecule has 1 aromatic carbocycles. The third kappa shape index (κ3) is 3.96. The van der Waals surface area contributed by atoms with Gasteiger partial charge < -0.3 is 15.8 Å². The van der Waals surface area contributed by atoms with Gasteiger partial charge in [-0.25, -0.2) is 0 Å². The van der Waals surface area contributed by atoms with Crippen LogP contribution in [0.1, 0.15) is 45.6 Å². The van der Waals surface area contributed by atoms with Crippen LogP contribution in [0.15, 0.2) is 30.3 Å². The van der Waals surface area contributed by atoms with Crippen LogP contribution in [-0.4, -0.2) is 30.6 Å². The highest BCUT2D eigenvalue weighted by atomic mass is 16.5. The number of benzene rings is 1. The van der Waals surface area contributed by atoms with Crippen LogP contribution in [0.4, 0.5) is 0 Å². The zero-order valence-corrected chi connectivity index (χ0v) is 15.0. The Morgan fingerprint density at radius 3 is 2.42 bits per heavy atom. The van der Waals surface area contributed by atoms with Crippen molar-refractivity contribution in [3.05, 3.63) is 35.9 Å². The zero-order chi connectivity index (χ0) is 18.0. The Morgan fingerprint density at radius 1 is 1.33 bits per heavy atom. The van der Waals surface area contributed by atoms with Crippen LogP contribution in [0.25, 0.3) is 0 Å². The number of ether oxygens (including phenoxy) is 1. The van der Waals surface area contributed by atoms with Gasteiger partial charge in [-0.1, -0.05) is 44.2 Å². The van der Waals surface area contributed by atoms with E-state index >= 15 is 0 Å². The number of carbonyl (C=O) groups is 2. The predicted molar refractivity (Wildman–Crippen MR) is 93.3 cm³/mol. The van der Waals surface area contributed by atoms with Crippen molar-refractivity contribution in [1.82, 2.24) is 5.32 Å². The molecule has 5 heteroatoms. The first-order valence-electron chi connectivity index (χ1n) is 8.37. The Balaban J connectivity index is 2.15. The molecule has 0 radical (unpaired) electrons. The first-order valence-corrected chi connectivity index (χ1v) is 8.37. The molecule has 1 saturated carbocycles. The smallest absolute Gasteiger partial charge is 0.308 e. The third-order valence-corrected chi connectivity index (χ3v) is 5.13. The van der Waals surface area contributed by atoms with Gasteiger partial charge in [-0.2, -0.15) is 0 Å². The summed E-state index contributed by atoms with van der Waals surface area (Å²) in [7, 11) is 1.39. The maximum atomic E-state index is 11.7. The number of amides is 1. The quantitative estimate of drug-likeness (QED) is 0.782. The van der Waals surface area contributed by atoms with Gasteiger partial charge in [-0.3, -0.25) is 9.59 Å². The molecule has 2 rings (SSSR count). The number of carbonyl (C=O) groups excluding carboxylic acids is 2. The molecule has 132 valence electrons. The Hall–Kier alpha value is -1.88. The second-order valence-corrected chi connectivity index (χ2v) is 7.57. The summed E-state index contributed by atoms with van der Waals surface area (Å²) in [5.74, 6) is -0.494. The lowest BCUT2D eigenvalue weighted by atomic mass is 9.61. The lowest BCUT2D eigenvalue weighted by Crippen LogP contribution is -2.67. The summed E-state index contributed by atoms with van der Waals surface area (Å²) in [5.41, 5.74) is 7.03. The highest BCUT2D eigenvalue weighted by Crippen LogP contribution is 2.42. The molecule has 1 amide bonds. The predicted octanol–water partition coefficient (Wildman–Crippen LogP) is 2.14. The minimum atomic E-state index is -0.573. The first kappa shape index (κ1) is 18.5. The zero-order valence-electron chi connectivity index (χ0n) is 15.0. The van der Waals surface area contributed by atoms with Crippen LogP contribution in [0, 0.1) is 5.92 Å². The number of hydrogen-bond donors (Lipinski definition) is 2. The molecular weight excluding hydrogens is 304 g/mol. The molecule has 1 unspecified atom stereocenters. The van der Waals surface area contributed by atoms with Crippen LogP contribution in [0.3, 0.4) is 0 Å². The van der Waals surface area contributed by atoms with E-state index in [4.69, 9.17) is 10.5 Å². The first-order chi connectivity index (χ1) is 11.2. The highest BCUT2D eigenvalue weighted by Gasteiger charge is 2.51. The fourth-order valence-corrected chi connectivity index (χ4v) is 3.64. The Kier molecular flexibility index (Phi) is 5.33. The van der Waals surface area contributed by atoms with Crippen molar-refractivity contribution < 1.29 is 14.3 Å². The van der Waals surface area contributed by atoms with Gasteiger partial charge in [0.2, 0.25) is 5.91 Å².